The quantitative estimate of drug-likeness (QED) is 0.681. The molecule has 1 atom stereocenters. The molecule has 2 aromatic carbocycles. The van der Waals surface area contributed by atoms with Crippen LogP contribution in [0.5, 0.6) is 0 Å². The molecule has 0 unspecified atom stereocenters. The maximum atomic E-state index is 14.3. The Morgan fingerprint density at radius 2 is 2.04 bits per heavy atom. The second-order valence-electron chi connectivity index (χ2n) is 6.97. The Bertz CT molecular complexity index is 872. The molecular weight excluding hydrogens is 357 g/mol. The van der Waals surface area contributed by atoms with E-state index in [1.54, 1.807) is 6.07 Å². The maximum absolute atomic E-state index is 14.3. The number of halogens is 1. The molecule has 0 saturated carbocycles. The number of rotatable bonds is 7. The van der Waals surface area contributed by atoms with Crippen molar-refractivity contribution in [2.75, 3.05) is 26.2 Å². The number of hydrogen-bond donors (Lipinski definition) is 1. The van der Waals surface area contributed by atoms with Crippen LogP contribution in [0.25, 0.3) is 5.69 Å². The summed E-state index contributed by atoms with van der Waals surface area (Å²) in [6.45, 7) is 4.84. The third kappa shape index (κ3) is 4.81. The lowest BCUT2D eigenvalue weighted by atomic mass is 10.1. The number of hydrogen-bond acceptors (Lipinski definition) is 5. The first-order valence-electron chi connectivity index (χ1n) is 9.50. The van der Waals surface area contributed by atoms with Crippen molar-refractivity contribution in [3.8, 4) is 5.69 Å². The van der Waals surface area contributed by atoms with Crippen LogP contribution in [0.2, 0.25) is 0 Å². The smallest absolute Gasteiger partial charge is 0.149 e. The van der Waals surface area contributed by atoms with Crippen molar-refractivity contribution < 1.29 is 9.13 Å². The summed E-state index contributed by atoms with van der Waals surface area (Å²) >= 11 is 0. The van der Waals surface area contributed by atoms with Crippen LogP contribution in [0.1, 0.15) is 11.1 Å². The summed E-state index contributed by atoms with van der Waals surface area (Å²) < 4.78 is 21.6. The van der Waals surface area contributed by atoms with Gasteiger partial charge in [-0.15, -0.1) is 0 Å². The number of nitrogens with one attached hydrogen (secondary N) is 1. The molecule has 4 rings (SSSR count). The lowest BCUT2D eigenvalue weighted by Gasteiger charge is -2.33. The van der Waals surface area contributed by atoms with Crippen LogP contribution < -0.4 is 5.32 Å². The van der Waals surface area contributed by atoms with Gasteiger partial charge in [-0.05, 0) is 23.3 Å². The fourth-order valence-electron chi connectivity index (χ4n) is 3.45. The SMILES string of the molecule is Fc1cc(CNC[C@H]2CN(Cc3ccccc3)CCO2)ccc1-n1cncn1. The van der Waals surface area contributed by atoms with Crippen LogP contribution in [-0.4, -0.2) is 52.0 Å². The Morgan fingerprint density at radius 3 is 2.82 bits per heavy atom. The van der Waals surface area contributed by atoms with Crippen molar-refractivity contribution in [2.24, 2.45) is 0 Å². The van der Waals surface area contributed by atoms with Crippen LogP contribution in [0, 0.1) is 5.82 Å². The van der Waals surface area contributed by atoms with Crippen LogP contribution in [0.3, 0.4) is 0 Å². The topological polar surface area (TPSA) is 55.2 Å². The lowest BCUT2D eigenvalue weighted by molar-refractivity contribution is -0.0300. The first kappa shape index (κ1) is 18.7. The van der Waals surface area contributed by atoms with E-state index in [0.29, 0.717) is 12.2 Å². The number of nitrogens with zero attached hydrogens (tertiary/aromatic N) is 4. The zero-order valence-electron chi connectivity index (χ0n) is 15.7. The van der Waals surface area contributed by atoms with E-state index in [1.165, 1.54) is 29.0 Å². The molecule has 1 fully saturated rings. The van der Waals surface area contributed by atoms with Gasteiger partial charge < -0.3 is 10.1 Å². The van der Waals surface area contributed by atoms with Crippen molar-refractivity contribution >= 4 is 0 Å². The molecule has 1 aliphatic heterocycles. The second-order valence-corrected chi connectivity index (χ2v) is 6.97. The summed E-state index contributed by atoms with van der Waals surface area (Å²) in [7, 11) is 0. The second kappa shape index (κ2) is 9.05. The van der Waals surface area contributed by atoms with Crippen molar-refractivity contribution in [1.29, 1.82) is 0 Å². The molecule has 1 saturated heterocycles. The van der Waals surface area contributed by atoms with E-state index in [9.17, 15) is 4.39 Å². The van der Waals surface area contributed by atoms with Crippen LogP contribution in [-0.2, 0) is 17.8 Å². The van der Waals surface area contributed by atoms with E-state index in [1.807, 2.05) is 12.1 Å². The minimum absolute atomic E-state index is 0.136. The predicted molar refractivity (Wildman–Crippen MR) is 104 cm³/mol. The number of benzene rings is 2. The van der Waals surface area contributed by atoms with Crippen molar-refractivity contribution in [1.82, 2.24) is 25.0 Å². The number of morpholine rings is 1. The highest BCUT2D eigenvalue weighted by Crippen LogP contribution is 2.14. The Balaban J connectivity index is 1.26. The van der Waals surface area contributed by atoms with E-state index >= 15 is 0 Å². The average molecular weight is 381 g/mol. The molecule has 1 aromatic heterocycles. The van der Waals surface area contributed by atoms with Crippen LogP contribution in [0.4, 0.5) is 4.39 Å². The monoisotopic (exact) mass is 381 g/mol. The van der Waals surface area contributed by atoms with Gasteiger partial charge in [0.05, 0.1) is 12.7 Å². The zero-order chi connectivity index (χ0) is 19.2. The minimum Gasteiger partial charge on any atom is -0.374 e. The molecule has 0 bridgehead atoms. The van der Waals surface area contributed by atoms with Gasteiger partial charge in [-0.1, -0.05) is 36.4 Å². The molecule has 0 aliphatic carbocycles. The predicted octanol–water partition coefficient (Wildman–Crippen LogP) is 2.40. The molecule has 3 aromatic rings. The van der Waals surface area contributed by atoms with E-state index in [0.717, 1.165) is 38.3 Å². The molecule has 6 nitrogen and oxygen atoms in total. The molecule has 1 aliphatic rings. The molecule has 146 valence electrons. The summed E-state index contributed by atoms with van der Waals surface area (Å²) in [5, 5.41) is 7.35. The molecule has 2 heterocycles. The van der Waals surface area contributed by atoms with Gasteiger partial charge in [-0.2, -0.15) is 5.10 Å². The van der Waals surface area contributed by atoms with Gasteiger partial charge in [0.15, 0.2) is 0 Å². The van der Waals surface area contributed by atoms with E-state index in [-0.39, 0.29) is 11.9 Å². The first-order valence-corrected chi connectivity index (χ1v) is 9.50. The van der Waals surface area contributed by atoms with Crippen LogP contribution >= 0.6 is 0 Å². The van der Waals surface area contributed by atoms with Crippen molar-refractivity contribution in [3.05, 3.63) is 78.1 Å². The van der Waals surface area contributed by atoms with E-state index < -0.39 is 0 Å². The zero-order valence-corrected chi connectivity index (χ0v) is 15.7. The summed E-state index contributed by atoms with van der Waals surface area (Å²) in [4.78, 5) is 6.27. The van der Waals surface area contributed by atoms with Gasteiger partial charge in [-0.3, -0.25) is 4.90 Å². The van der Waals surface area contributed by atoms with Crippen molar-refractivity contribution in [2.45, 2.75) is 19.2 Å². The van der Waals surface area contributed by atoms with Crippen molar-refractivity contribution in [3.63, 3.8) is 0 Å². The molecular formula is C21H24FN5O. The third-order valence-electron chi connectivity index (χ3n) is 4.85. The Kier molecular flexibility index (Phi) is 6.06. The van der Waals surface area contributed by atoms with Crippen LogP contribution in [0.15, 0.2) is 61.2 Å². The van der Waals surface area contributed by atoms with E-state index in [4.69, 9.17) is 4.74 Å². The summed E-state index contributed by atoms with van der Waals surface area (Å²) in [6.07, 6.45) is 3.01. The summed E-state index contributed by atoms with van der Waals surface area (Å²) in [5.41, 5.74) is 2.60. The molecule has 1 N–H and O–H groups in total. The van der Waals surface area contributed by atoms with Gasteiger partial charge in [0.25, 0.3) is 0 Å². The number of aromatic nitrogens is 3. The molecule has 0 spiro atoms. The molecule has 28 heavy (non-hydrogen) atoms. The summed E-state index contributed by atoms with van der Waals surface area (Å²) in [5.74, 6) is -0.312. The lowest BCUT2D eigenvalue weighted by Crippen LogP contribution is -2.46. The van der Waals surface area contributed by atoms with Gasteiger partial charge in [0, 0.05) is 32.7 Å². The highest BCUT2D eigenvalue weighted by Gasteiger charge is 2.20. The fraction of sp³-hybridized carbons (Fsp3) is 0.333. The number of ether oxygens (including phenoxy) is 1. The molecule has 0 radical (unpaired) electrons. The molecule has 7 heteroatoms. The largest absolute Gasteiger partial charge is 0.374 e. The van der Waals surface area contributed by atoms with Gasteiger partial charge >= 0.3 is 0 Å². The van der Waals surface area contributed by atoms with Gasteiger partial charge in [0.2, 0.25) is 0 Å². The Hall–Kier alpha value is -2.61. The average Bonchev–Trinajstić information content (AvgIpc) is 3.24. The highest BCUT2D eigenvalue weighted by molar-refractivity contribution is 5.35. The fourth-order valence-corrected chi connectivity index (χ4v) is 3.45. The summed E-state index contributed by atoms with van der Waals surface area (Å²) in [6, 6.07) is 15.6. The third-order valence-corrected chi connectivity index (χ3v) is 4.85. The molecule has 0 amide bonds. The Labute approximate surface area is 164 Å². The maximum Gasteiger partial charge on any atom is 0.149 e. The van der Waals surface area contributed by atoms with Gasteiger partial charge in [-0.25, -0.2) is 14.1 Å². The Morgan fingerprint density at radius 1 is 1.14 bits per heavy atom. The van der Waals surface area contributed by atoms with Gasteiger partial charge in [0.1, 0.15) is 24.2 Å². The highest BCUT2D eigenvalue weighted by atomic mass is 19.1. The first-order chi connectivity index (χ1) is 13.8. The minimum atomic E-state index is -0.312. The standard InChI is InChI=1S/C21H24FN5O/c22-20-10-18(6-7-21(20)27-16-24-15-25-27)11-23-12-19-14-26(8-9-28-19)13-17-4-2-1-3-5-17/h1-7,10,15-16,19,23H,8-9,11-14H2/t19-/m0/s1. The normalized spacial score (nSPS) is 17.7. The van der Waals surface area contributed by atoms with E-state index in [2.05, 4.69) is 44.6 Å².